The fraction of sp³-hybridized carbons (Fsp3) is 0.280. The van der Waals surface area contributed by atoms with E-state index in [1.807, 2.05) is 31.2 Å². The van der Waals surface area contributed by atoms with Crippen molar-refractivity contribution in [3.05, 3.63) is 94.0 Å². The van der Waals surface area contributed by atoms with Crippen LogP contribution in [0.25, 0.3) is 11.1 Å². The number of rotatable bonds is 4. The Balaban J connectivity index is 2.21. The molecule has 0 bridgehead atoms. The molecule has 0 spiro atoms. The monoisotopic (exact) mass is 436 g/mol. The molecule has 0 aromatic heterocycles. The van der Waals surface area contributed by atoms with Crippen LogP contribution in [0.1, 0.15) is 46.2 Å². The van der Waals surface area contributed by atoms with Gasteiger partial charge >= 0.3 is 12.4 Å². The third-order valence-corrected chi connectivity index (χ3v) is 5.39. The zero-order valence-electron chi connectivity index (χ0n) is 17.3. The van der Waals surface area contributed by atoms with Crippen molar-refractivity contribution < 1.29 is 26.3 Å². The SMILES string of the molecule is Cc1ccc(-c2c(C(F)(F)F)ccc(CC(C)c3ccc(C)cc3)c2C(F)(F)F)cc1. The molecule has 0 radical (unpaired) electrons. The summed E-state index contributed by atoms with van der Waals surface area (Å²) >= 11 is 0. The van der Waals surface area contributed by atoms with E-state index in [0.717, 1.165) is 28.8 Å². The van der Waals surface area contributed by atoms with Gasteiger partial charge in [-0.15, -0.1) is 0 Å². The van der Waals surface area contributed by atoms with Crippen molar-refractivity contribution in [2.45, 2.75) is 45.5 Å². The highest BCUT2D eigenvalue weighted by atomic mass is 19.4. The molecule has 0 aliphatic carbocycles. The quantitative estimate of drug-likeness (QED) is 0.361. The van der Waals surface area contributed by atoms with E-state index in [9.17, 15) is 26.3 Å². The Kier molecular flexibility index (Phi) is 6.21. The fourth-order valence-corrected chi connectivity index (χ4v) is 3.74. The second kappa shape index (κ2) is 8.40. The normalized spacial score (nSPS) is 13.3. The first-order valence-electron chi connectivity index (χ1n) is 9.82. The smallest absolute Gasteiger partial charge is 0.166 e. The molecule has 1 atom stereocenters. The molecule has 0 amide bonds. The van der Waals surface area contributed by atoms with E-state index >= 15 is 0 Å². The van der Waals surface area contributed by atoms with Gasteiger partial charge in [0.25, 0.3) is 0 Å². The predicted molar refractivity (Wildman–Crippen MR) is 110 cm³/mol. The number of aryl methyl sites for hydroxylation is 2. The molecule has 0 N–H and O–H groups in total. The molecule has 0 aliphatic rings. The Bertz CT molecular complexity index is 1040. The molecule has 0 heterocycles. The van der Waals surface area contributed by atoms with Gasteiger partial charge in [-0.05, 0) is 48.9 Å². The van der Waals surface area contributed by atoms with Gasteiger partial charge in [-0.2, -0.15) is 26.3 Å². The van der Waals surface area contributed by atoms with Gasteiger partial charge in [-0.25, -0.2) is 0 Å². The van der Waals surface area contributed by atoms with Gasteiger partial charge in [-0.1, -0.05) is 72.6 Å². The van der Waals surface area contributed by atoms with Crippen LogP contribution in [0.2, 0.25) is 0 Å². The maximum Gasteiger partial charge on any atom is 0.417 e. The molecule has 0 aliphatic heterocycles. The van der Waals surface area contributed by atoms with Crippen LogP contribution in [0, 0.1) is 13.8 Å². The summed E-state index contributed by atoms with van der Waals surface area (Å²) in [5, 5.41) is 0. The number of hydrogen-bond donors (Lipinski definition) is 0. The summed E-state index contributed by atoms with van der Waals surface area (Å²) < 4.78 is 83.7. The lowest BCUT2D eigenvalue weighted by molar-refractivity contribution is -0.142. The first-order valence-corrected chi connectivity index (χ1v) is 9.82. The van der Waals surface area contributed by atoms with Crippen LogP contribution in [-0.4, -0.2) is 0 Å². The van der Waals surface area contributed by atoms with Crippen molar-refractivity contribution in [2.75, 3.05) is 0 Å². The minimum atomic E-state index is -4.94. The molecule has 0 nitrogen and oxygen atoms in total. The average Bonchev–Trinajstić information content (AvgIpc) is 2.67. The number of alkyl halides is 6. The maximum atomic E-state index is 14.2. The molecule has 0 fully saturated rings. The Labute approximate surface area is 177 Å². The maximum absolute atomic E-state index is 14.2. The highest BCUT2D eigenvalue weighted by Crippen LogP contribution is 2.47. The van der Waals surface area contributed by atoms with E-state index < -0.39 is 29.0 Å². The lowest BCUT2D eigenvalue weighted by Gasteiger charge is -2.24. The summed E-state index contributed by atoms with van der Waals surface area (Å²) in [6.07, 6.45) is -9.89. The molecular formula is C25H22F6. The van der Waals surface area contributed by atoms with E-state index in [1.165, 1.54) is 24.3 Å². The van der Waals surface area contributed by atoms with E-state index in [2.05, 4.69) is 0 Å². The first-order chi connectivity index (χ1) is 14.4. The Morgan fingerprint density at radius 3 is 1.68 bits per heavy atom. The molecule has 1 unspecified atom stereocenters. The highest BCUT2D eigenvalue weighted by molar-refractivity contribution is 5.74. The lowest BCUT2D eigenvalue weighted by atomic mass is 9.85. The highest BCUT2D eigenvalue weighted by Gasteiger charge is 2.43. The van der Waals surface area contributed by atoms with Crippen molar-refractivity contribution in [1.29, 1.82) is 0 Å². The largest absolute Gasteiger partial charge is 0.417 e. The van der Waals surface area contributed by atoms with Crippen molar-refractivity contribution in [1.82, 2.24) is 0 Å². The fourth-order valence-electron chi connectivity index (χ4n) is 3.74. The first kappa shape index (κ1) is 22.9. The van der Waals surface area contributed by atoms with Gasteiger partial charge in [0.05, 0.1) is 11.1 Å². The molecule has 6 heteroatoms. The Hall–Kier alpha value is -2.76. The van der Waals surface area contributed by atoms with Crippen LogP contribution >= 0.6 is 0 Å². The molecule has 3 rings (SSSR count). The van der Waals surface area contributed by atoms with E-state index in [0.29, 0.717) is 0 Å². The second-order valence-electron chi connectivity index (χ2n) is 7.90. The van der Waals surface area contributed by atoms with E-state index in [1.54, 1.807) is 13.8 Å². The van der Waals surface area contributed by atoms with Crippen LogP contribution in [0.5, 0.6) is 0 Å². The summed E-state index contributed by atoms with van der Waals surface area (Å²) in [7, 11) is 0. The third kappa shape index (κ3) is 5.12. The second-order valence-corrected chi connectivity index (χ2v) is 7.90. The van der Waals surface area contributed by atoms with Crippen LogP contribution in [0.4, 0.5) is 26.3 Å². The van der Waals surface area contributed by atoms with Crippen LogP contribution in [0.3, 0.4) is 0 Å². The average molecular weight is 436 g/mol. The molecule has 3 aromatic rings. The lowest BCUT2D eigenvalue weighted by Crippen LogP contribution is -2.18. The van der Waals surface area contributed by atoms with Gasteiger partial charge in [0, 0.05) is 5.56 Å². The zero-order chi connectivity index (χ0) is 23.0. The summed E-state index contributed by atoms with van der Waals surface area (Å²) in [5.74, 6) is -0.302. The van der Waals surface area contributed by atoms with Crippen molar-refractivity contribution >= 4 is 0 Å². The predicted octanol–water partition coefficient (Wildman–Crippen LogP) is 8.35. The van der Waals surface area contributed by atoms with Crippen LogP contribution in [-0.2, 0) is 18.8 Å². The molecular weight excluding hydrogens is 414 g/mol. The summed E-state index contributed by atoms with van der Waals surface area (Å²) in [4.78, 5) is 0. The number of benzene rings is 3. The van der Waals surface area contributed by atoms with Gasteiger partial charge in [0.15, 0.2) is 0 Å². The van der Waals surface area contributed by atoms with Gasteiger partial charge < -0.3 is 0 Å². The van der Waals surface area contributed by atoms with E-state index in [-0.39, 0.29) is 23.5 Å². The molecule has 3 aromatic carbocycles. The third-order valence-electron chi connectivity index (χ3n) is 5.39. The molecule has 0 saturated carbocycles. The van der Waals surface area contributed by atoms with Crippen molar-refractivity contribution in [3.8, 4) is 11.1 Å². The molecule has 0 saturated heterocycles. The summed E-state index contributed by atoms with van der Waals surface area (Å²) in [6.45, 7) is 5.40. The number of halogens is 6. The van der Waals surface area contributed by atoms with Crippen LogP contribution < -0.4 is 0 Å². The van der Waals surface area contributed by atoms with Gasteiger partial charge in [-0.3, -0.25) is 0 Å². The number of hydrogen-bond acceptors (Lipinski definition) is 0. The molecule has 164 valence electrons. The Morgan fingerprint density at radius 1 is 0.677 bits per heavy atom. The minimum Gasteiger partial charge on any atom is -0.166 e. The van der Waals surface area contributed by atoms with Crippen molar-refractivity contribution in [2.24, 2.45) is 0 Å². The summed E-state index contributed by atoms with van der Waals surface area (Å²) in [6, 6.07) is 14.8. The molecule has 31 heavy (non-hydrogen) atoms. The van der Waals surface area contributed by atoms with E-state index in [4.69, 9.17) is 0 Å². The zero-order valence-corrected chi connectivity index (χ0v) is 17.3. The van der Waals surface area contributed by atoms with Gasteiger partial charge in [0.1, 0.15) is 0 Å². The summed E-state index contributed by atoms with van der Waals surface area (Å²) in [5.41, 5.74) is -0.970. The van der Waals surface area contributed by atoms with Crippen molar-refractivity contribution in [3.63, 3.8) is 0 Å². The van der Waals surface area contributed by atoms with Gasteiger partial charge in [0.2, 0.25) is 0 Å². The Morgan fingerprint density at radius 2 is 1.19 bits per heavy atom. The topological polar surface area (TPSA) is 0 Å². The minimum absolute atomic E-state index is 0.0328. The van der Waals surface area contributed by atoms with Crippen LogP contribution in [0.15, 0.2) is 60.7 Å². The standard InChI is InChI=1S/C25H22F6/c1-15-4-8-18(9-5-15)17(3)14-20-12-13-21(24(26,27)28)22(23(20)25(29,30)31)19-10-6-16(2)7-11-19/h4-13,17H,14H2,1-3H3.